The summed E-state index contributed by atoms with van der Waals surface area (Å²) in [6.45, 7) is 0.732. The van der Waals surface area contributed by atoms with Crippen molar-refractivity contribution in [3.8, 4) is 0 Å². The Hall–Kier alpha value is -1.54. The van der Waals surface area contributed by atoms with E-state index in [1.54, 1.807) is 42.1 Å². The quantitative estimate of drug-likeness (QED) is 0.698. The van der Waals surface area contributed by atoms with Gasteiger partial charge in [-0.2, -0.15) is 4.31 Å². The molecule has 1 N–H and O–H groups in total. The summed E-state index contributed by atoms with van der Waals surface area (Å²) in [4.78, 5) is 13.2. The lowest BCUT2D eigenvalue weighted by Gasteiger charge is -2.20. The molecule has 1 heterocycles. The average molecular weight is 451 g/mol. The van der Waals surface area contributed by atoms with Crippen LogP contribution in [0.4, 0.5) is 0 Å². The fraction of sp³-hybridized carbons (Fsp3) is 0.381. The lowest BCUT2D eigenvalue weighted by atomic mass is 10.2. The monoisotopic (exact) mass is 450 g/mol. The standard InChI is InChI=1S/C21H23ClN2O3S2/c22-19-9-5-4-6-16(19)15-28-21(11-12-21)20(25)23-17-10-13-24(14-17)29(26,27)18-7-2-1-3-8-18/h1-9,17H,10-15H2,(H,23,25). The van der Waals surface area contributed by atoms with Crippen molar-refractivity contribution in [3.05, 3.63) is 65.2 Å². The van der Waals surface area contributed by atoms with E-state index >= 15 is 0 Å². The Morgan fingerprint density at radius 2 is 1.83 bits per heavy atom. The van der Waals surface area contributed by atoms with E-state index in [0.29, 0.717) is 35.2 Å². The van der Waals surface area contributed by atoms with Gasteiger partial charge in [0, 0.05) is 29.9 Å². The number of hydrogen-bond acceptors (Lipinski definition) is 4. The largest absolute Gasteiger partial charge is 0.351 e. The normalized spacial score (nSPS) is 21.1. The molecule has 2 aromatic carbocycles. The summed E-state index contributed by atoms with van der Waals surface area (Å²) in [6.07, 6.45) is 2.31. The number of nitrogens with one attached hydrogen (secondary N) is 1. The van der Waals surface area contributed by atoms with Crippen molar-refractivity contribution in [2.75, 3.05) is 13.1 Å². The Labute approximate surface area is 180 Å². The van der Waals surface area contributed by atoms with Crippen LogP contribution in [-0.4, -0.2) is 42.5 Å². The fourth-order valence-corrected chi connectivity index (χ4v) is 6.57. The molecule has 1 unspecified atom stereocenters. The van der Waals surface area contributed by atoms with E-state index in [1.165, 1.54) is 4.31 Å². The second-order valence-corrected chi connectivity index (χ2v) is 11.2. The molecule has 0 spiro atoms. The molecule has 5 nitrogen and oxygen atoms in total. The van der Waals surface area contributed by atoms with Crippen molar-refractivity contribution in [1.82, 2.24) is 9.62 Å². The first-order chi connectivity index (χ1) is 13.9. The van der Waals surface area contributed by atoms with E-state index in [4.69, 9.17) is 11.6 Å². The summed E-state index contributed by atoms with van der Waals surface area (Å²) in [6, 6.07) is 16.0. The van der Waals surface area contributed by atoms with Crippen LogP contribution in [0.25, 0.3) is 0 Å². The molecular formula is C21H23ClN2O3S2. The van der Waals surface area contributed by atoms with Crippen molar-refractivity contribution in [3.63, 3.8) is 0 Å². The van der Waals surface area contributed by atoms with E-state index in [2.05, 4.69) is 5.32 Å². The van der Waals surface area contributed by atoms with Crippen LogP contribution in [0.5, 0.6) is 0 Å². The van der Waals surface area contributed by atoms with Gasteiger partial charge in [0.05, 0.1) is 9.64 Å². The van der Waals surface area contributed by atoms with Gasteiger partial charge in [0.25, 0.3) is 0 Å². The van der Waals surface area contributed by atoms with E-state index in [9.17, 15) is 13.2 Å². The van der Waals surface area contributed by atoms with Crippen LogP contribution in [0.1, 0.15) is 24.8 Å². The average Bonchev–Trinajstić information content (AvgIpc) is 3.38. The molecule has 0 bridgehead atoms. The zero-order chi connectivity index (χ0) is 20.5. The topological polar surface area (TPSA) is 66.5 Å². The van der Waals surface area contributed by atoms with Gasteiger partial charge < -0.3 is 5.32 Å². The van der Waals surface area contributed by atoms with E-state index < -0.39 is 14.8 Å². The van der Waals surface area contributed by atoms with Gasteiger partial charge >= 0.3 is 0 Å². The van der Waals surface area contributed by atoms with Gasteiger partial charge in [-0.15, -0.1) is 11.8 Å². The molecule has 2 aromatic rings. The van der Waals surface area contributed by atoms with Gasteiger partial charge in [-0.05, 0) is 43.0 Å². The number of halogens is 1. The highest BCUT2D eigenvalue weighted by molar-refractivity contribution is 8.01. The third-order valence-corrected chi connectivity index (χ3v) is 9.30. The number of benzene rings is 2. The highest BCUT2D eigenvalue weighted by Gasteiger charge is 2.51. The van der Waals surface area contributed by atoms with Crippen molar-refractivity contribution in [2.45, 2.75) is 40.7 Å². The lowest BCUT2D eigenvalue weighted by molar-refractivity contribution is -0.121. The lowest BCUT2D eigenvalue weighted by Crippen LogP contribution is -2.43. The molecule has 29 heavy (non-hydrogen) atoms. The first kappa shape index (κ1) is 20.7. The maximum Gasteiger partial charge on any atom is 0.243 e. The van der Waals surface area contributed by atoms with Crippen LogP contribution in [0.2, 0.25) is 5.02 Å². The van der Waals surface area contributed by atoms with Gasteiger partial charge in [0.15, 0.2) is 0 Å². The van der Waals surface area contributed by atoms with E-state index in [-0.39, 0.29) is 11.9 Å². The molecule has 0 aromatic heterocycles. The zero-order valence-electron chi connectivity index (χ0n) is 15.9. The molecular weight excluding hydrogens is 428 g/mol. The molecule has 1 amide bonds. The molecule has 8 heteroatoms. The van der Waals surface area contributed by atoms with Crippen LogP contribution in [0.3, 0.4) is 0 Å². The number of carbonyl (C=O) groups excluding carboxylic acids is 1. The zero-order valence-corrected chi connectivity index (χ0v) is 18.3. The molecule has 154 valence electrons. The van der Waals surface area contributed by atoms with Crippen molar-refractivity contribution >= 4 is 39.3 Å². The number of thioether (sulfide) groups is 1. The number of amides is 1. The molecule has 1 saturated heterocycles. The summed E-state index contributed by atoms with van der Waals surface area (Å²) in [5.41, 5.74) is 1.03. The summed E-state index contributed by atoms with van der Waals surface area (Å²) in [5.74, 6) is 0.699. The molecule has 0 radical (unpaired) electrons. The Morgan fingerprint density at radius 1 is 1.14 bits per heavy atom. The predicted octanol–water partition coefficient (Wildman–Crippen LogP) is 3.69. The van der Waals surface area contributed by atoms with Gasteiger partial charge in [-0.1, -0.05) is 48.0 Å². The summed E-state index contributed by atoms with van der Waals surface area (Å²) < 4.78 is 26.6. The molecule has 4 rings (SSSR count). The SMILES string of the molecule is O=C(NC1CCN(S(=O)(=O)c2ccccc2)C1)C1(SCc2ccccc2Cl)CC1. The number of carbonyl (C=O) groups is 1. The van der Waals surface area contributed by atoms with E-state index in [0.717, 1.165) is 18.4 Å². The van der Waals surface area contributed by atoms with Crippen LogP contribution < -0.4 is 5.32 Å². The van der Waals surface area contributed by atoms with Gasteiger partial charge in [-0.25, -0.2) is 8.42 Å². The van der Waals surface area contributed by atoms with Gasteiger partial charge in [0.2, 0.25) is 15.9 Å². The van der Waals surface area contributed by atoms with Crippen molar-refractivity contribution < 1.29 is 13.2 Å². The highest BCUT2D eigenvalue weighted by atomic mass is 35.5. The fourth-order valence-electron chi connectivity index (χ4n) is 3.50. The highest BCUT2D eigenvalue weighted by Crippen LogP contribution is 2.50. The first-order valence-corrected chi connectivity index (χ1v) is 12.4. The van der Waals surface area contributed by atoms with Crippen LogP contribution in [-0.2, 0) is 20.6 Å². The minimum Gasteiger partial charge on any atom is -0.351 e. The predicted molar refractivity (Wildman–Crippen MR) is 116 cm³/mol. The summed E-state index contributed by atoms with van der Waals surface area (Å²) >= 11 is 7.85. The molecule has 1 aliphatic heterocycles. The molecule has 1 aliphatic carbocycles. The summed E-state index contributed by atoms with van der Waals surface area (Å²) in [5, 5.41) is 3.80. The van der Waals surface area contributed by atoms with Crippen LogP contribution in [0, 0.1) is 0 Å². The number of nitrogens with zero attached hydrogens (tertiary/aromatic N) is 1. The second kappa shape index (κ2) is 8.30. The third kappa shape index (κ3) is 4.48. The van der Waals surface area contributed by atoms with Crippen LogP contribution >= 0.6 is 23.4 Å². The van der Waals surface area contributed by atoms with E-state index in [1.807, 2.05) is 24.3 Å². The summed E-state index contributed by atoms with van der Waals surface area (Å²) in [7, 11) is -3.52. The van der Waals surface area contributed by atoms with Gasteiger partial charge in [-0.3, -0.25) is 4.79 Å². The molecule has 1 atom stereocenters. The Kier molecular flexibility index (Phi) is 5.93. The Morgan fingerprint density at radius 3 is 2.52 bits per heavy atom. The minimum absolute atomic E-state index is 0.0125. The van der Waals surface area contributed by atoms with Crippen LogP contribution in [0.15, 0.2) is 59.5 Å². The smallest absolute Gasteiger partial charge is 0.243 e. The first-order valence-electron chi connectivity index (χ1n) is 9.64. The maximum absolute atomic E-state index is 12.9. The maximum atomic E-state index is 12.9. The molecule has 1 saturated carbocycles. The van der Waals surface area contributed by atoms with Crippen molar-refractivity contribution in [1.29, 1.82) is 0 Å². The minimum atomic E-state index is -3.52. The second-order valence-electron chi connectivity index (χ2n) is 7.51. The number of hydrogen-bond donors (Lipinski definition) is 1. The third-order valence-electron chi connectivity index (χ3n) is 5.45. The molecule has 2 fully saturated rings. The Bertz CT molecular complexity index is 994. The number of sulfonamides is 1. The molecule has 2 aliphatic rings. The number of rotatable bonds is 7. The van der Waals surface area contributed by atoms with Gasteiger partial charge in [0.1, 0.15) is 0 Å². The van der Waals surface area contributed by atoms with Crippen molar-refractivity contribution in [2.24, 2.45) is 0 Å². The Balaban J connectivity index is 1.34.